The third-order valence-electron chi connectivity index (χ3n) is 3.79. The highest BCUT2D eigenvalue weighted by atomic mass is 79.9. The Labute approximate surface area is 138 Å². The number of anilines is 2. The fourth-order valence-corrected chi connectivity index (χ4v) is 3.43. The van der Waals surface area contributed by atoms with Crippen LogP contribution in [0.3, 0.4) is 0 Å². The summed E-state index contributed by atoms with van der Waals surface area (Å²) >= 11 is 9.75. The third kappa shape index (κ3) is 3.16. The first kappa shape index (κ1) is 14.7. The number of para-hydroxylation sites is 1. The summed E-state index contributed by atoms with van der Waals surface area (Å²) in [6.45, 7) is 5.94. The average Bonchev–Trinajstić information content (AvgIpc) is 2.48. The van der Waals surface area contributed by atoms with Crippen molar-refractivity contribution in [1.82, 2.24) is 4.98 Å². The van der Waals surface area contributed by atoms with Crippen molar-refractivity contribution in [1.29, 1.82) is 0 Å². The van der Waals surface area contributed by atoms with Crippen LogP contribution in [-0.4, -0.2) is 31.2 Å². The minimum Gasteiger partial charge on any atom is -0.367 e. The van der Waals surface area contributed by atoms with Gasteiger partial charge in [-0.15, -0.1) is 0 Å². The molecule has 5 heteroatoms. The van der Waals surface area contributed by atoms with Gasteiger partial charge >= 0.3 is 0 Å². The number of hydrogen-bond acceptors (Lipinski definition) is 3. The van der Waals surface area contributed by atoms with Crippen LogP contribution in [0.4, 0.5) is 11.5 Å². The van der Waals surface area contributed by atoms with Crippen LogP contribution < -0.4 is 9.80 Å². The number of piperazine rings is 1. The van der Waals surface area contributed by atoms with Gasteiger partial charge in [0.25, 0.3) is 0 Å². The molecule has 21 heavy (non-hydrogen) atoms. The van der Waals surface area contributed by atoms with Crippen molar-refractivity contribution in [2.75, 3.05) is 36.0 Å². The molecule has 0 unspecified atom stereocenters. The molecule has 2 aromatic rings. The number of aryl methyl sites for hydroxylation is 1. The van der Waals surface area contributed by atoms with Crippen LogP contribution >= 0.6 is 27.5 Å². The number of rotatable bonds is 2. The first-order valence-electron chi connectivity index (χ1n) is 7.02. The third-order valence-corrected chi connectivity index (χ3v) is 4.54. The van der Waals surface area contributed by atoms with Gasteiger partial charge in [-0.3, -0.25) is 0 Å². The smallest absolute Gasteiger partial charge is 0.131 e. The zero-order valence-corrected chi connectivity index (χ0v) is 14.2. The molecule has 0 atom stereocenters. The minimum absolute atomic E-state index is 0.823. The van der Waals surface area contributed by atoms with E-state index in [9.17, 15) is 0 Å². The Kier molecular flexibility index (Phi) is 4.36. The number of pyridine rings is 1. The standard InChI is InChI=1S/C16H17BrClN3/c1-12-10-13(17)11-19-16(12)21-8-6-20(7-9-21)15-5-3-2-4-14(15)18/h2-5,10-11H,6-9H2,1H3. The number of benzene rings is 1. The van der Waals surface area contributed by atoms with Crippen LogP contribution in [0.2, 0.25) is 5.02 Å². The van der Waals surface area contributed by atoms with Gasteiger partial charge in [0.15, 0.2) is 0 Å². The molecule has 0 aliphatic carbocycles. The Hall–Kier alpha value is -1.26. The number of nitrogens with zero attached hydrogens (tertiary/aromatic N) is 3. The van der Waals surface area contributed by atoms with E-state index in [2.05, 4.69) is 49.8 Å². The highest BCUT2D eigenvalue weighted by molar-refractivity contribution is 9.10. The van der Waals surface area contributed by atoms with Gasteiger partial charge in [0.05, 0.1) is 10.7 Å². The van der Waals surface area contributed by atoms with Gasteiger partial charge in [0.1, 0.15) is 5.82 Å². The Morgan fingerprint density at radius 2 is 1.76 bits per heavy atom. The molecule has 2 heterocycles. The van der Waals surface area contributed by atoms with E-state index in [1.54, 1.807) is 0 Å². The second kappa shape index (κ2) is 6.24. The highest BCUT2D eigenvalue weighted by Crippen LogP contribution is 2.28. The van der Waals surface area contributed by atoms with Crippen LogP contribution in [0, 0.1) is 6.92 Å². The Balaban J connectivity index is 1.72. The topological polar surface area (TPSA) is 19.4 Å². The first-order valence-corrected chi connectivity index (χ1v) is 8.19. The molecule has 0 radical (unpaired) electrons. The monoisotopic (exact) mass is 365 g/mol. The molecular formula is C16H17BrClN3. The van der Waals surface area contributed by atoms with Crippen LogP contribution in [0.5, 0.6) is 0 Å². The zero-order valence-electron chi connectivity index (χ0n) is 11.9. The quantitative estimate of drug-likeness (QED) is 0.796. The molecule has 1 saturated heterocycles. The molecular weight excluding hydrogens is 350 g/mol. The van der Waals surface area contributed by atoms with Crippen molar-refractivity contribution < 1.29 is 0 Å². The number of hydrogen-bond donors (Lipinski definition) is 0. The van der Waals surface area contributed by atoms with Crippen molar-refractivity contribution in [3.63, 3.8) is 0 Å². The van der Waals surface area contributed by atoms with Gasteiger partial charge in [-0.1, -0.05) is 23.7 Å². The summed E-state index contributed by atoms with van der Waals surface area (Å²) in [5, 5.41) is 0.823. The van der Waals surface area contributed by atoms with E-state index >= 15 is 0 Å². The average molecular weight is 367 g/mol. The lowest BCUT2D eigenvalue weighted by molar-refractivity contribution is 0.646. The molecule has 0 N–H and O–H groups in total. The van der Waals surface area contributed by atoms with Gasteiger partial charge in [-0.2, -0.15) is 0 Å². The molecule has 1 aromatic heterocycles. The molecule has 0 amide bonds. The summed E-state index contributed by atoms with van der Waals surface area (Å²) in [4.78, 5) is 9.23. The minimum atomic E-state index is 0.823. The first-order chi connectivity index (χ1) is 10.1. The van der Waals surface area contributed by atoms with E-state index in [-0.39, 0.29) is 0 Å². The lowest BCUT2D eigenvalue weighted by atomic mass is 10.2. The highest BCUT2D eigenvalue weighted by Gasteiger charge is 2.20. The van der Waals surface area contributed by atoms with E-state index in [1.165, 1.54) is 5.56 Å². The molecule has 0 saturated carbocycles. The fourth-order valence-electron chi connectivity index (χ4n) is 2.73. The molecule has 1 aromatic carbocycles. The molecule has 0 bridgehead atoms. The van der Waals surface area contributed by atoms with Crippen molar-refractivity contribution in [3.05, 3.63) is 51.6 Å². The van der Waals surface area contributed by atoms with E-state index < -0.39 is 0 Å². The zero-order chi connectivity index (χ0) is 14.8. The van der Waals surface area contributed by atoms with E-state index in [0.717, 1.165) is 47.2 Å². The van der Waals surface area contributed by atoms with Crippen LogP contribution in [0.1, 0.15) is 5.56 Å². The molecule has 3 nitrogen and oxygen atoms in total. The Bertz CT molecular complexity index is 639. The molecule has 3 rings (SSSR count). The van der Waals surface area contributed by atoms with Crippen molar-refractivity contribution >= 4 is 39.0 Å². The second-order valence-electron chi connectivity index (χ2n) is 5.22. The molecule has 1 fully saturated rings. The Morgan fingerprint density at radius 1 is 1.10 bits per heavy atom. The SMILES string of the molecule is Cc1cc(Br)cnc1N1CCN(c2ccccc2Cl)CC1. The van der Waals surface area contributed by atoms with Gasteiger partial charge in [0.2, 0.25) is 0 Å². The number of halogens is 2. The number of aromatic nitrogens is 1. The van der Waals surface area contributed by atoms with E-state index in [4.69, 9.17) is 11.6 Å². The normalized spacial score (nSPS) is 15.4. The van der Waals surface area contributed by atoms with Crippen molar-refractivity contribution in [3.8, 4) is 0 Å². The maximum atomic E-state index is 6.28. The fraction of sp³-hybridized carbons (Fsp3) is 0.312. The predicted molar refractivity (Wildman–Crippen MR) is 92.6 cm³/mol. The maximum absolute atomic E-state index is 6.28. The van der Waals surface area contributed by atoms with Gasteiger partial charge in [-0.05, 0) is 46.6 Å². The lowest BCUT2D eigenvalue weighted by Gasteiger charge is -2.37. The summed E-state index contributed by atoms with van der Waals surface area (Å²) in [6, 6.07) is 10.2. The summed E-state index contributed by atoms with van der Waals surface area (Å²) in [6.07, 6.45) is 1.86. The lowest BCUT2D eigenvalue weighted by Crippen LogP contribution is -2.47. The van der Waals surface area contributed by atoms with Crippen LogP contribution in [0.25, 0.3) is 0 Å². The molecule has 110 valence electrons. The summed E-state index contributed by atoms with van der Waals surface area (Å²) in [5.41, 5.74) is 2.33. The van der Waals surface area contributed by atoms with Crippen molar-refractivity contribution in [2.24, 2.45) is 0 Å². The van der Waals surface area contributed by atoms with E-state index in [0.29, 0.717) is 0 Å². The Morgan fingerprint density at radius 3 is 2.43 bits per heavy atom. The van der Waals surface area contributed by atoms with Gasteiger partial charge in [-0.25, -0.2) is 4.98 Å². The summed E-state index contributed by atoms with van der Waals surface area (Å²) in [7, 11) is 0. The summed E-state index contributed by atoms with van der Waals surface area (Å²) < 4.78 is 1.03. The molecule has 1 aliphatic rings. The van der Waals surface area contributed by atoms with Crippen LogP contribution in [-0.2, 0) is 0 Å². The predicted octanol–water partition coefficient (Wildman–Crippen LogP) is 4.13. The summed E-state index contributed by atoms with van der Waals surface area (Å²) in [5.74, 6) is 1.08. The molecule has 0 spiro atoms. The van der Waals surface area contributed by atoms with Gasteiger partial charge < -0.3 is 9.80 Å². The van der Waals surface area contributed by atoms with Crippen molar-refractivity contribution in [2.45, 2.75) is 6.92 Å². The van der Waals surface area contributed by atoms with Gasteiger partial charge in [0, 0.05) is 36.8 Å². The second-order valence-corrected chi connectivity index (χ2v) is 6.54. The maximum Gasteiger partial charge on any atom is 0.131 e. The molecule has 1 aliphatic heterocycles. The van der Waals surface area contributed by atoms with Crippen LogP contribution in [0.15, 0.2) is 41.0 Å². The largest absolute Gasteiger partial charge is 0.367 e. The van der Waals surface area contributed by atoms with E-state index in [1.807, 2.05) is 24.4 Å².